The van der Waals surface area contributed by atoms with Gasteiger partial charge < -0.3 is 0 Å². The molecule has 3 heteroatoms. The molecule has 1 rings (SSSR count). The minimum absolute atomic E-state index is 1.20. The number of allylic oxidation sites excluding steroid dienone is 1. The molecule has 7 heavy (non-hydrogen) atoms. The monoisotopic (exact) mass is 131 g/mol. The van der Waals surface area contributed by atoms with Gasteiger partial charge in [-0.2, -0.15) is 4.13 Å². The summed E-state index contributed by atoms with van der Waals surface area (Å²) in [5, 5.41) is 2.03. The van der Waals surface area contributed by atoms with E-state index in [0.29, 0.717) is 0 Å². The van der Waals surface area contributed by atoms with Crippen molar-refractivity contribution in [3.8, 4) is 0 Å². The lowest BCUT2D eigenvalue weighted by atomic mass is 10.6. The molecule has 0 saturated heterocycles. The zero-order valence-electron chi connectivity index (χ0n) is 3.68. The van der Waals surface area contributed by atoms with E-state index in [1.54, 1.807) is 23.9 Å². The average molecular weight is 131 g/mol. The Kier molecular flexibility index (Phi) is 1.85. The molecule has 0 bridgehead atoms. The maximum atomic E-state index is 3.60. The number of nitrogens with one attached hydrogen (secondary N) is 1. The summed E-state index contributed by atoms with van der Waals surface area (Å²) in [6, 6.07) is 0. The van der Waals surface area contributed by atoms with Crippen molar-refractivity contribution in [3.63, 3.8) is 0 Å². The second kappa shape index (κ2) is 2.45. The molecule has 1 aliphatic heterocycles. The summed E-state index contributed by atoms with van der Waals surface area (Å²) in [6.07, 6.45) is 1.83. The van der Waals surface area contributed by atoms with Gasteiger partial charge >= 0.3 is 0 Å². The van der Waals surface area contributed by atoms with Crippen LogP contribution in [0.3, 0.4) is 0 Å². The van der Waals surface area contributed by atoms with E-state index in [4.69, 9.17) is 0 Å². The summed E-state index contributed by atoms with van der Waals surface area (Å²) in [5.41, 5.74) is 0. The smallest absolute Gasteiger partial charge is 0.0306 e. The van der Waals surface area contributed by atoms with Gasteiger partial charge in [-0.15, -0.1) is 0 Å². The first kappa shape index (κ1) is 5.28. The zero-order valence-corrected chi connectivity index (χ0v) is 5.31. The molecule has 0 radical (unpaired) electrons. The number of hydrogen-bond donors (Lipinski definition) is 1. The first-order valence-electron chi connectivity index (χ1n) is 1.83. The van der Waals surface area contributed by atoms with Crippen molar-refractivity contribution >= 4 is 23.9 Å². The fourth-order valence-corrected chi connectivity index (χ4v) is 1.67. The van der Waals surface area contributed by atoms with Gasteiger partial charge in [-0.05, 0) is 23.9 Å². The van der Waals surface area contributed by atoms with E-state index >= 15 is 0 Å². The summed E-state index contributed by atoms with van der Waals surface area (Å²) in [5.74, 6) is 0. The molecule has 1 heterocycles. The molecule has 0 amide bonds. The fourth-order valence-electron chi connectivity index (χ4n) is 0.268. The third-order valence-corrected chi connectivity index (χ3v) is 2.34. The minimum atomic E-state index is 1.20. The van der Waals surface area contributed by atoms with Crippen molar-refractivity contribution in [2.24, 2.45) is 0 Å². The van der Waals surface area contributed by atoms with Crippen molar-refractivity contribution in [1.29, 1.82) is 0 Å². The quantitative estimate of drug-likeness (QED) is 0.546. The van der Waals surface area contributed by atoms with Crippen LogP contribution in [0.2, 0.25) is 0 Å². The third kappa shape index (κ3) is 1.26. The Morgan fingerprint density at radius 2 is 2.71 bits per heavy atom. The van der Waals surface area contributed by atoms with E-state index in [1.807, 2.05) is 11.5 Å². The Labute approximate surface area is 51.5 Å². The number of hydrogen-bond acceptors (Lipinski definition) is 3. The molecular formula is C4H5NS2. The van der Waals surface area contributed by atoms with Gasteiger partial charge in [-0.3, -0.25) is 0 Å². The lowest BCUT2D eigenvalue weighted by molar-refractivity contribution is 1.79. The molecular weight excluding hydrogens is 126 g/mol. The summed E-state index contributed by atoms with van der Waals surface area (Å²) < 4.78 is 2.99. The van der Waals surface area contributed by atoms with E-state index in [0.717, 1.165) is 0 Å². The summed E-state index contributed by atoms with van der Waals surface area (Å²) in [4.78, 5) is 1.20. The van der Waals surface area contributed by atoms with Crippen molar-refractivity contribution in [1.82, 2.24) is 4.13 Å². The predicted molar refractivity (Wildman–Crippen MR) is 36.6 cm³/mol. The van der Waals surface area contributed by atoms with Crippen LogP contribution in [0.5, 0.6) is 0 Å². The Morgan fingerprint density at radius 1 is 1.86 bits per heavy atom. The molecule has 0 aromatic carbocycles. The Balaban J connectivity index is 2.51. The highest BCUT2D eigenvalue weighted by molar-refractivity contribution is 8.19. The van der Waals surface area contributed by atoms with Gasteiger partial charge in [0.25, 0.3) is 0 Å². The SMILES string of the molecule is C=CC1=CSNS1. The van der Waals surface area contributed by atoms with Crippen LogP contribution in [0.15, 0.2) is 23.0 Å². The van der Waals surface area contributed by atoms with Crippen LogP contribution >= 0.6 is 23.9 Å². The van der Waals surface area contributed by atoms with Crippen LogP contribution < -0.4 is 4.13 Å². The topological polar surface area (TPSA) is 12.0 Å². The van der Waals surface area contributed by atoms with Gasteiger partial charge in [0.15, 0.2) is 0 Å². The van der Waals surface area contributed by atoms with Crippen LogP contribution in [0.25, 0.3) is 0 Å². The summed E-state index contributed by atoms with van der Waals surface area (Å²) in [6.45, 7) is 3.60. The van der Waals surface area contributed by atoms with Gasteiger partial charge in [0.2, 0.25) is 0 Å². The second-order valence-electron chi connectivity index (χ2n) is 1.03. The molecule has 1 aliphatic rings. The van der Waals surface area contributed by atoms with Crippen LogP contribution in [0.4, 0.5) is 0 Å². The molecule has 0 atom stereocenters. The highest BCUT2D eigenvalue weighted by Gasteiger charge is 1.97. The summed E-state index contributed by atoms with van der Waals surface area (Å²) in [7, 11) is 0. The molecule has 0 aromatic heterocycles. The van der Waals surface area contributed by atoms with Gasteiger partial charge in [0.05, 0.1) is 0 Å². The maximum absolute atomic E-state index is 3.60. The van der Waals surface area contributed by atoms with Crippen LogP contribution in [0.1, 0.15) is 0 Å². The fraction of sp³-hybridized carbons (Fsp3) is 0. The second-order valence-corrected chi connectivity index (χ2v) is 2.84. The molecule has 1 nitrogen and oxygen atoms in total. The molecule has 0 unspecified atom stereocenters. The molecule has 0 fully saturated rings. The third-order valence-electron chi connectivity index (χ3n) is 0.584. The van der Waals surface area contributed by atoms with Crippen molar-refractivity contribution in [2.45, 2.75) is 0 Å². The molecule has 0 spiro atoms. The zero-order chi connectivity index (χ0) is 5.11. The van der Waals surface area contributed by atoms with E-state index in [-0.39, 0.29) is 0 Å². The van der Waals surface area contributed by atoms with Crippen LogP contribution in [-0.4, -0.2) is 0 Å². The van der Waals surface area contributed by atoms with Crippen molar-refractivity contribution in [2.75, 3.05) is 0 Å². The molecule has 38 valence electrons. The van der Waals surface area contributed by atoms with E-state index < -0.39 is 0 Å². The van der Waals surface area contributed by atoms with Gasteiger partial charge in [-0.25, -0.2) is 0 Å². The van der Waals surface area contributed by atoms with Crippen LogP contribution in [0, 0.1) is 0 Å². The predicted octanol–water partition coefficient (Wildman–Crippen LogP) is 1.91. The Bertz CT molecular complexity index is 108. The largest absolute Gasteiger partial charge is 0.200 e. The minimum Gasteiger partial charge on any atom is -0.200 e. The highest BCUT2D eigenvalue weighted by atomic mass is 32.2. The van der Waals surface area contributed by atoms with E-state index in [2.05, 4.69) is 10.7 Å². The van der Waals surface area contributed by atoms with E-state index in [9.17, 15) is 0 Å². The maximum Gasteiger partial charge on any atom is 0.0306 e. The number of rotatable bonds is 1. The first-order valence-corrected chi connectivity index (χ1v) is 3.53. The highest BCUT2D eigenvalue weighted by Crippen LogP contribution is 2.25. The van der Waals surface area contributed by atoms with E-state index in [1.165, 1.54) is 4.91 Å². The summed E-state index contributed by atoms with van der Waals surface area (Å²) >= 11 is 3.18. The van der Waals surface area contributed by atoms with Crippen molar-refractivity contribution in [3.05, 3.63) is 23.0 Å². The van der Waals surface area contributed by atoms with Gasteiger partial charge in [0.1, 0.15) is 0 Å². The van der Waals surface area contributed by atoms with Gasteiger partial charge in [-0.1, -0.05) is 12.7 Å². The normalized spacial score (nSPS) is 19.1. The molecule has 0 saturated carbocycles. The molecule has 0 aliphatic carbocycles. The first-order chi connectivity index (χ1) is 3.43. The lowest BCUT2D eigenvalue weighted by Gasteiger charge is -1.83. The average Bonchev–Trinajstić information content (AvgIpc) is 2.14. The molecule has 1 N–H and O–H groups in total. The van der Waals surface area contributed by atoms with Crippen LogP contribution in [-0.2, 0) is 0 Å². The lowest BCUT2D eigenvalue weighted by Crippen LogP contribution is -1.75. The molecule has 0 aromatic rings. The Hall–Kier alpha value is 0.140. The van der Waals surface area contributed by atoms with Crippen molar-refractivity contribution < 1.29 is 0 Å². The Morgan fingerprint density at radius 3 is 3.00 bits per heavy atom. The standard InChI is InChI=1S/C4H5NS2/c1-2-4-3-6-5-7-4/h2-3,5H,1H2. The van der Waals surface area contributed by atoms with Gasteiger partial charge in [0, 0.05) is 10.3 Å².